The van der Waals surface area contributed by atoms with Crippen LogP contribution in [0, 0.1) is 5.82 Å². The maximum Gasteiger partial charge on any atom is 0.407 e. The summed E-state index contributed by atoms with van der Waals surface area (Å²) in [5.41, 5.74) is 0.554. The Balaban J connectivity index is 1.66. The van der Waals surface area contributed by atoms with Gasteiger partial charge in [-0.1, -0.05) is 12.1 Å². The third-order valence-electron chi connectivity index (χ3n) is 6.11. The predicted molar refractivity (Wildman–Crippen MR) is 137 cm³/mol. The molecule has 4 aromatic rings. The van der Waals surface area contributed by atoms with Gasteiger partial charge in [0.25, 0.3) is 11.5 Å². The number of halogens is 1. The first-order valence-electron chi connectivity index (χ1n) is 11.9. The minimum Gasteiger partial charge on any atom is -0.505 e. The Morgan fingerprint density at radius 3 is 2.61 bits per heavy atom. The molecule has 1 aromatic carbocycles. The lowest BCUT2D eigenvalue weighted by Gasteiger charge is -2.18. The standard InChI is InChI=1S/C26H27FN6O5/c1-31(26(37)38)11-12-33-20-14-18(13-17-3-5-19(27)6-4-17)15-30-22(20)23(34)21(25(33)36)24(35)29-7-2-9-32-10-8-28-16-32/h3-6,8,10,14-16,34H,2,7,9,11-13H2,1H3,(H,29,35)(H,37,38). The number of carboxylic acid groups (broad SMARTS) is 1. The molecule has 0 saturated carbocycles. The van der Waals surface area contributed by atoms with E-state index in [1.54, 1.807) is 36.9 Å². The van der Waals surface area contributed by atoms with Crippen molar-refractivity contribution in [2.75, 3.05) is 20.1 Å². The molecule has 38 heavy (non-hydrogen) atoms. The number of rotatable bonds is 10. The second-order valence-corrected chi connectivity index (χ2v) is 8.81. The van der Waals surface area contributed by atoms with E-state index in [0.29, 0.717) is 24.9 Å². The van der Waals surface area contributed by atoms with Gasteiger partial charge in [0.1, 0.15) is 16.9 Å². The number of aryl methyl sites for hydroxylation is 1. The van der Waals surface area contributed by atoms with Crippen molar-refractivity contribution in [2.24, 2.45) is 0 Å². The lowest BCUT2D eigenvalue weighted by atomic mass is 10.1. The number of nitrogens with zero attached hydrogens (tertiary/aromatic N) is 5. The van der Waals surface area contributed by atoms with Crippen molar-refractivity contribution in [3.63, 3.8) is 0 Å². The molecular weight excluding hydrogens is 495 g/mol. The number of likely N-dealkylation sites (N-methyl/N-ethyl adjacent to an activating group) is 1. The molecule has 3 N–H and O–H groups in total. The van der Waals surface area contributed by atoms with Gasteiger partial charge in [-0.25, -0.2) is 14.2 Å². The van der Waals surface area contributed by atoms with Crippen molar-refractivity contribution >= 4 is 23.0 Å². The van der Waals surface area contributed by atoms with Crippen molar-refractivity contribution in [1.29, 1.82) is 0 Å². The van der Waals surface area contributed by atoms with Crippen molar-refractivity contribution in [3.8, 4) is 5.75 Å². The van der Waals surface area contributed by atoms with Gasteiger partial charge in [-0.05, 0) is 42.2 Å². The summed E-state index contributed by atoms with van der Waals surface area (Å²) in [4.78, 5) is 47.0. The van der Waals surface area contributed by atoms with Crippen LogP contribution in [-0.2, 0) is 19.5 Å². The largest absolute Gasteiger partial charge is 0.505 e. The van der Waals surface area contributed by atoms with Crippen LogP contribution in [0.4, 0.5) is 9.18 Å². The number of aromatic nitrogens is 4. The van der Waals surface area contributed by atoms with E-state index in [0.717, 1.165) is 10.5 Å². The Labute approximate surface area is 216 Å². The molecule has 11 nitrogen and oxygen atoms in total. The number of hydrogen-bond donors (Lipinski definition) is 3. The van der Waals surface area contributed by atoms with Gasteiger partial charge in [-0.3, -0.25) is 14.6 Å². The highest BCUT2D eigenvalue weighted by Gasteiger charge is 2.23. The molecule has 0 aliphatic heterocycles. The van der Waals surface area contributed by atoms with E-state index in [4.69, 9.17) is 0 Å². The van der Waals surface area contributed by atoms with E-state index in [1.165, 1.54) is 29.9 Å². The summed E-state index contributed by atoms with van der Waals surface area (Å²) >= 11 is 0. The van der Waals surface area contributed by atoms with Crippen LogP contribution >= 0.6 is 0 Å². The first kappa shape index (κ1) is 26.3. The molecule has 0 aliphatic rings. The lowest BCUT2D eigenvalue weighted by Crippen LogP contribution is -2.37. The number of imidazole rings is 1. The number of carbonyl (C=O) groups excluding carboxylic acids is 1. The zero-order chi connectivity index (χ0) is 27.2. The van der Waals surface area contributed by atoms with Gasteiger partial charge >= 0.3 is 6.09 Å². The highest BCUT2D eigenvalue weighted by molar-refractivity contribution is 6.01. The molecule has 0 aliphatic carbocycles. The topological polar surface area (TPSA) is 143 Å². The van der Waals surface area contributed by atoms with Crippen LogP contribution in [0.15, 0.2) is 60.0 Å². The number of nitrogens with one attached hydrogen (secondary N) is 1. The summed E-state index contributed by atoms with van der Waals surface area (Å²) in [6, 6.07) is 7.60. The molecule has 0 fully saturated rings. The van der Waals surface area contributed by atoms with Gasteiger partial charge in [0.15, 0.2) is 5.75 Å². The molecule has 0 radical (unpaired) electrons. The molecule has 2 amide bonds. The van der Waals surface area contributed by atoms with Crippen LogP contribution in [0.5, 0.6) is 5.75 Å². The fraction of sp³-hybridized carbons (Fsp3) is 0.269. The molecule has 0 atom stereocenters. The first-order valence-corrected chi connectivity index (χ1v) is 11.9. The molecule has 3 aromatic heterocycles. The van der Waals surface area contributed by atoms with E-state index < -0.39 is 28.9 Å². The van der Waals surface area contributed by atoms with Gasteiger partial charge < -0.3 is 29.6 Å². The molecule has 0 spiro atoms. The fourth-order valence-corrected chi connectivity index (χ4v) is 4.02. The van der Waals surface area contributed by atoms with Crippen molar-refractivity contribution in [2.45, 2.75) is 25.9 Å². The van der Waals surface area contributed by atoms with Gasteiger partial charge in [0, 0.05) is 51.8 Å². The maximum atomic E-state index is 13.4. The van der Waals surface area contributed by atoms with E-state index in [1.807, 2.05) is 4.57 Å². The number of pyridine rings is 2. The van der Waals surface area contributed by atoms with Crippen molar-refractivity contribution in [3.05, 3.63) is 88.1 Å². The number of benzene rings is 1. The molecule has 12 heteroatoms. The average molecular weight is 523 g/mol. The van der Waals surface area contributed by atoms with Crippen LogP contribution in [-0.4, -0.2) is 66.4 Å². The van der Waals surface area contributed by atoms with Gasteiger partial charge in [0.05, 0.1) is 11.8 Å². The quantitative estimate of drug-likeness (QED) is 0.272. The monoisotopic (exact) mass is 522 g/mol. The van der Waals surface area contributed by atoms with E-state index in [2.05, 4.69) is 15.3 Å². The Bertz CT molecular complexity index is 1500. The Hall–Kier alpha value is -4.74. The van der Waals surface area contributed by atoms with Gasteiger partial charge in [-0.15, -0.1) is 0 Å². The maximum absolute atomic E-state index is 13.4. The van der Waals surface area contributed by atoms with Crippen molar-refractivity contribution in [1.82, 2.24) is 29.3 Å². The summed E-state index contributed by atoms with van der Waals surface area (Å²) in [6.45, 7) is 0.748. The van der Waals surface area contributed by atoms with Crippen LogP contribution in [0.25, 0.3) is 11.0 Å². The average Bonchev–Trinajstić information content (AvgIpc) is 3.41. The minimum absolute atomic E-state index is 0.0361. The minimum atomic E-state index is -1.17. The number of carbonyl (C=O) groups is 2. The number of amides is 2. The smallest absolute Gasteiger partial charge is 0.407 e. The van der Waals surface area contributed by atoms with E-state index in [-0.39, 0.29) is 36.5 Å². The molecule has 4 rings (SSSR count). The zero-order valence-corrected chi connectivity index (χ0v) is 20.7. The molecule has 0 saturated heterocycles. The number of fused-ring (bicyclic) bond motifs is 1. The predicted octanol–water partition coefficient (Wildman–Crippen LogP) is 2.46. The lowest BCUT2D eigenvalue weighted by molar-refractivity contribution is 0.0947. The second-order valence-electron chi connectivity index (χ2n) is 8.81. The molecule has 3 heterocycles. The molecular formula is C26H27FN6O5. The number of hydrogen-bond acceptors (Lipinski definition) is 6. The number of aromatic hydroxyl groups is 1. The fourth-order valence-electron chi connectivity index (χ4n) is 4.02. The highest BCUT2D eigenvalue weighted by Crippen LogP contribution is 2.26. The summed E-state index contributed by atoms with van der Waals surface area (Å²) in [5, 5.41) is 22.8. The zero-order valence-electron chi connectivity index (χ0n) is 20.7. The summed E-state index contributed by atoms with van der Waals surface area (Å²) in [7, 11) is 1.36. The van der Waals surface area contributed by atoms with Crippen LogP contribution in [0.2, 0.25) is 0 Å². The van der Waals surface area contributed by atoms with Gasteiger partial charge in [-0.2, -0.15) is 0 Å². The normalized spacial score (nSPS) is 11.0. The summed E-state index contributed by atoms with van der Waals surface area (Å²) in [6.07, 6.45) is 6.38. The first-order chi connectivity index (χ1) is 18.2. The second kappa shape index (κ2) is 11.5. The summed E-state index contributed by atoms with van der Waals surface area (Å²) in [5.74, 6) is -1.66. The Morgan fingerprint density at radius 1 is 1.16 bits per heavy atom. The van der Waals surface area contributed by atoms with E-state index in [9.17, 15) is 29.0 Å². The Morgan fingerprint density at radius 2 is 1.92 bits per heavy atom. The highest BCUT2D eigenvalue weighted by atomic mass is 19.1. The van der Waals surface area contributed by atoms with E-state index >= 15 is 0 Å². The van der Waals surface area contributed by atoms with Crippen LogP contribution < -0.4 is 10.9 Å². The van der Waals surface area contributed by atoms with Crippen LogP contribution in [0.3, 0.4) is 0 Å². The van der Waals surface area contributed by atoms with Gasteiger partial charge in [0.2, 0.25) is 0 Å². The Kier molecular flexibility index (Phi) is 8.00. The molecule has 0 bridgehead atoms. The molecule has 198 valence electrons. The van der Waals surface area contributed by atoms with Crippen molar-refractivity contribution < 1.29 is 24.2 Å². The third kappa shape index (κ3) is 5.97. The summed E-state index contributed by atoms with van der Waals surface area (Å²) < 4.78 is 16.4. The molecule has 0 unspecified atom stereocenters. The third-order valence-corrected chi connectivity index (χ3v) is 6.11. The SMILES string of the molecule is CN(CCn1c(=O)c(C(=O)NCCCn2ccnc2)c(O)c2ncc(Cc3ccc(F)cc3)cc21)C(=O)O. The van der Waals surface area contributed by atoms with Crippen LogP contribution in [0.1, 0.15) is 27.9 Å².